The lowest BCUT2D eigenvalue weighted by Crippen LogP contribution is -1.71. The first-order valence-electron chi connectivity index (χ1n) is 3.51. The lowest BCUT2D eigenvalue weighted by Gasteiger charge is -1.97. The molecule has 2 rings (SSSR count). The molecule has 0 amide bonds. The number of hydrogen-bond acceptors (Lipinski definition) is 0. The Labute approximate surface area is 90.5 Å². The summed E-state index contributed by atoms with van der Waals surface area (Å²) in [6.07, 6.45) is 0. The summed E-state index contributed by atoms with van der Waals surface area (Å²) in [5.41, 5.74) is 0. The van der Waals surface area contributed by atoms with Crippen molar-refractivity contribution >= 4 is 43.7 Å². The molecule has 0 aliphatic heterocycles. The van der Waals surface area contributed by atoms with Crippen molar-refractivity contribution < 1.29 is 0 Å². The summed E-state index contributed by atoms with van der Waals surface area (Å²) < 4.78 is 1.16. The molecule has 0 N–H and O–H groups in total. The number of hydrogen-bond donors (Lipinski definition) is 0. The Morgan fingerprint density at radius 3 is 2.25 bits per heavy atom. The second kappa shape index (κ2) is 4.06. The molecule has 62 valence electrons. The molecule has 0 saturated heterocycles. The Morgan fingerprint density at radius 1 is 0.833 bits per heavy atom. The lowest BCUT2D eigenvalue weighted by molar-refractivity contribution is 1.71. The van der Waals surface area contributed by atoms with Crippen LogP contribution in [0.25, 0.3) is 10.8 Å². The lowest BCUT2D eigenvalue weighted by atomic mass is 10.1. The minimum atomic E-state index is 0. The van der Waals surface area contributed by atoms with Gasteiger partial charge in [-0.05, 0) is 16.8 Å². The number of halogens is 2. The SMILES string of the molecule is Br.Brc1cccc2ccccc12. The molecule has 0 nitrogen and oxygen atoms in total. The summed E-state index contributed by atoms with van der Waals surface area (Å²) in [6, 6.07) is 14.5. The van der Waals surface area contributed by atoms with Crippen molar-refractivity contribution in [1.29, 1.82) is 0 Å². The van der Waals surface area contributed by atoms with Crippen LogP contribution in [0.1, 0.15) is 0 Å². The van der Waals surface area contributed by atoms with E-state index in [0.29, 0.717) is 0 Å². The largest absolute Gasteiger partial charge is 0.114 e. The zero-order valence-corrected chi connectivity index (χ0v) is 9.63. The second-order valence-corrected chi connectivity index (χ2v) is 3.32. The monoisotopic (exact) mass is 286 g/mol. The van der Waals surface area contributed by atoms with Crippen molar-refractivity contribution in [3.63, 3.8) is 0 Å². The Balaban J connectivity index is 0.000000720. The van der Waals surface area contributed by atoms with Gasteiger partial charge in [0.1, 0.15) is 0 Å². The summed E-state index contributed by atoms with van der Waals surface area (Å²) in [4.78, 5) is 0. The fraction of sp³-hybridized carbons (Fsp3) is 0. The van der Waals surface area contributed by atoms with Crippen LogP contribution in [0.5, 0.6) is 0 Å². The van der Waals surface area contributed by atoms with Crippen LogP contribution in [-0.2, 0) is 0 Å². The maximum Gasteiger partial charge on any atom is 0.0253 e. The maximum atomic E-state index is 3.50. The molecule has 2 heteroatoms. The molecule has 2 aromatic rings. The Morgan fingerprint density at radius 2 is 1.50 bits per heavy atom. The highest BCUT2D eigenvalue weighted by Crippen LogP contribution is 2.22. The van der Waals surface area contributed by atoms with E-state index in [2.05, 4.69) is 46.3 Å². The van der Waals surface area contributed by atoms with Gasteiger partial charge in [0.05, 0.1) is 0 Å². The van der Waals surface area contributed by atoms with Crippen LogP contribution in [0.2, 0.25) is 0 Å². The van der Waals surface area contributed by atoms with E-state index in [1.807, 2.05) is 12.1 Å². The fourth-order valence-corrected chi connectivity index (χ4v) is 1.70. The van der Waals surface area contributed by atoms with E-state index in [0.717, 1.165) is 4.47 Å². The third kappa shape index (κ3) is 1.70. The average molecular weight is 288 g/mol. The van der Waals surface area contributed by atoms with Gasteiger partial charge in [0.15, 0.2) is 0 Å². The van der Waals surface area contributed by atoms with E-state index in [9.17, 15) is 0 Å². The van der Waals surface area contributed by atoms with E-state index in [4.69, 9.17) is 0 Å². The van der Waals surface area contributed by atoms with Crippen molar-refractivity contribution in [2.24, 2.45) is 0 Å². The van der Waals surface area contributed by atoms with Crippen LogP contribution in [0, 0.1) is 0 Å². The summed E-state index contributed by atoms with van der Waals surface area (Å²) in [7, 11) is 0. The molecule has 2 aromatic carbocycles. The molecule has 0 heterocycles. The molecular formula is C10H8Br2. The number of rotatable bonds is 0. The Kier molecular flexibility index (Phi) is 3.29. The van der Waals surface area contributed by atoms with E-state index in [1.54, 1.807) is 0 Å². The van der Waals surface area contributed by atoms with Gasteiger partial charge in [0, 0.05) is 4.47 Å². The zero-order chi connectivity index (χ0) is 7.68. The maximum absolute atomic E-state index is 3.50. The van der Waals surface area contributed by atoms with Crippen molar-refractivity contribution in [2.75, 3.05) is 0 Å². The van der Waals surface area contributed by atoms with Crippen molar-refractivity contribution in [1.82, 2.24) is 0 Å². The average Bonchev–Trinajstić information content (AvgIpc) is 2.06. The van der Waals surface area contributed by atoms with E-state index >= 15 is 0 Å². The first-order chi connectivity index (χ1) is 5.38. The van der Waals surface area contributed by atoms with Gasteiger partial charge in [-0.3, -0.25) is 0 Å². The van der Waals surface area contributed by atoms with Gasteiger partial charge in [-0.15, -0.1) is 17.0 Å². The summed E-state index contributed by atoms with van der Waals surface area (Å²) in [5.74, 6) is 0. The highest BCUT2D eigenvalue weighted by molar-refractivity contribution is 9.10. The normalized spacial score (nSPS) is 9.42. The molecule has 12 heavy (non-hydrogen) atoms. The second-order valence-electron chi connectivity index (χ2n) is 2.46. The van der Waals surface area contributed by atoms with Crippen LogP contribution in [0.15, 0.2) is 46.9 Å². The third-order valence-corrected chi connectivity index (χ3v) is 2.43. The summed E-state index contributed by atoms with van der Waals surface area (Å²) in [6.45, 7) is 0. The molecule has 0 bridgehead atoms. The van der Waals surface area contributed by atoms with E-state index in [-0.39, 0.29) is 17.0 Å². The molecular weight excluding hydrogens is 280 g/mol. The van der Waals surface area contributed by atoms with Crippen molar-refractivity contribution in [3.8, 4) is 0 Å². The van der Waals surface area contributed by atoms with Gasteiger partial charge in [-0.1, -0.05) is 52.3 Å². The minimum Gasteiger partial charge on any atom is -0.114 e. The van der Waals surface area contributed by atoms with E-state index in [1.165, 1.54) is 10.8 Å². The Bertz CT molecular complexity index is 377. The Hall–Kier alpha value is -0.340. The summed E-state index contributed by atoms with van der Waals surface area (Å²) in [5, 5.41) is 2.55. The van der Waals surface area contributed by atoms with Gasteiger partial charge in [0.2, 0.25) is 0 Å². The van der Waals surface area contributed by atoms with Gasteiger partial charge >= 0.3 is 0 Å². The molecule has 0 unspecified atom stereocenters. The topological polar surface area (TPSA) is 0 Å². The molecule has 0 fully saturated rings. The van der Waals surface area contributed by atoms with Crippen LogP contribution in [0.3, 0.4) is 0 Å². The summed E-state index contributed by atoms with van der Waals surface area (Å²) >= 11 is 3.50. The van der Waals surface area contributed by atoms with Crippen LogP contribution < -0.4 is 0 Å². The molecule has 0 spiro atoms. The van der Waals surface area contributed by atoms with Gasteiger partial charge in [-0.25, -0.2) is 0 Å². The molecule has 0 aliphatic carbocycles. The van der Waals surface area contributed by atoms with Crippen LogP contribution >= 0.6 is 32.9 Å². The standard InChI is InChI=1S/C10H7Br.BrH/c11-10-7-3-5-8-4-1-2-6-9(8)10;/h1-7H;1H. The molecule has 0 saturated carbocycles. The third-order valence-electron chi connectivity index (χ3n) is 1.74. The predicted octanol–water partition coefficient (Wildman–Crippen LogP) is 4.18. The fourth-order valence-electron chi connectivity index (χ4n) is 1.19. The zero-order valence-electron chi connectivity index (χ0n) is 6.33. The quantitative estimate of drug-likeness (QED) is 0.682. The van der Waals surface area contributed by atoms with Crippen molar-refractivity contribution in [3.05, 3.63) is 46.9 Å². The smallest absolute Gasteiger partial charge is 0.0253 e. The van der Waals surface area contributed by atoms with Gasteiger partial charge in [-0.2, -0.15) is 0 Å². The van der Waals surface area contributed by atoms with Crippen molar-refractivity contribution in [2.45, 2.75) is 0 Å². The minimum absolute atomic E-state index is 0. The van der Waals surface area contributed by atoms with Crippen LogP contribution in [-0.4, -0.2) is 0 Å². The first kappa shape index (κ1) is 9.75. The van der Waals surface area contributed by atoms with Gasteiger partial charge in [0.25, 0.3) is 0 Å². The highest BCUT2D eigenvalue weighted by Gasteiger charge is 1.93. The van der Waals surface area contributed by atoms with E-state index < -0.39 is 0 Å². The molecule has 0 radical (unpaired) electrons. The van der Waals surface area contributed by atoms with Crippen LogP contribution in [0.4, 0.5) is 0 Å². The molecule has 0 aliphatic rings. The number of benzene rings is 2. The number of fused-ring (bicyclic) bond motifs is 1. The van der Waals surface area contributed by atoms with Gasteiger partial charge < -0.3 is 0 Å². The first-order valence-corrected chi connectivity index (χ1v) is 4.30. The molecule has 0 aromatic heterocycles. The highest BCUT2D eigenvalue weighted by atomic mass is 79.9. The predicted molar refractivity (Wildman–Crippen MR) is 62.0 cm³/mol. The molecule has 0 atom stereocenters.